The van der Waals surface area contributed by atoms with Crippen LogP contribution in [0.25, 0.3) is 10.2 Å². The first-order valence-corrected chi connectivity index (χ1v) is 7.87. The maximum atomic E-state index is 5.78. The van der Waals surface area contributed by atoms with E-state index in [4.69, 9.17) is 5.73 Å². The van der Waals surface area contributed by atoms with Gasteiger partial charge in [-0.3, -0.25) is 0 Å². The highest BCUT2D eigenvalue weighted by atomic mass is 32.1. The highest BCUT2D eigenvalue weighted by Gasteiger charge is 2.28. The lowest BCUT2D eigenvalue weighted by molar-refractivity contribution is 0.150. The van der Waals surface area contributed by atoms with Gasteiger partial charge in [0.1, 0.15) is 10.6 Å². The number of anilines is 2. The van der Waals surface area contributed by atoms with Crippen molar-refractivity contribution in [1.29, 1.82) is 0 Å². The number of likely N-dealkylation sites (tertiary alicyclic amines) is 1. The van der Waals surface area contributed by atoms with Crippen LogP contribution in [0.15, 0.2) is 11.4 Å². The number of nitrogens with zero attached hydrogens (tertiary/aromatic N) is 3. The van der Waals surface area contributed by atoms with Crippen LogP contribution in [-0.4, -0.2) is 41.5 Å². The zero-order chi connectivity index (χ0) is 14.2. The zero-order valence-corrected chi connectivity index (χ0v) is 12.8. The van der Waals surface area contributed by atoms with Crippen LogP contribution >= 0.6 is 11.3 Å². The van der Waals surface area contributed by atoms with Gasteiger partial charge in [0.15, 0.2) is 0 Å². The Morgan fingerprint density at radius 3 is 2.90 bits per heavy atom. The van der Waals surface area contributed by atoms with Crippen LogP contribution in [-0.2, 0) is 0 Å². The lowest BCUT2D eigenvalue weighted by Gasteiger charge is -2.38. The van der Waals surface area contributed by atoms with Gasteiger partial charge in [0.05, 0.1) is 5.39 Å². The van der Waals surface area contributed by atoms with Crippen molar-refractivity contribution in [2.75, 3.05) is 37.7 Å². The largest absolute Gasteiger partial charge is 0.369 e. The number of rotatable bonds is 3. The first-order valence-electron chi connectivity index (χ1n) is 6.99. The SMILES string of the molecule is CN1CCC(C)(CNc2nc(N)nc3sccc23)CC1. The molecule has 0 aliphatic carbocycles. The minimum Gasteiger partial charge on any atom is -0.369 e. The fraction of sp³-hybridized carbons (Fsp3) is 0.571. The number of hydrogen-bond acceptors (Lipinski definition) is 6. The summed E-state index contributed by atoms with van der Waals surface area (Å²) in [4.78, 5) is 12.0. The van der Waals surface area contributed by atoms with E-state index < -0.39 is 0 Å². The lowest BCUT2D eigenvalue weighted by atomic mass is 9.80. The highest BCUT2D eigenvalue weighted by molar-refractivity contribution is 7.16. The molecule has 2 aromatic rings. The molecule has 0 unspecified atom stereocenters. The van der Waals surface area contributed by atoms with E-state index in [0.717, 1.165) is 35.7 Å². The molecule has 20 heavy (non-hydrogen) atoms. The Labute approximate surface area is 123 Å². The summed E-state index contributed by atoms with van der Waals surface area (Å²) in [5, 5.41) is 6.60. The molecule has 0 atom stereocenters. The zero-order valence-electron chi connectivity index (χ0n) is 12.0. The van der Waals surface area contributed by atoms with Crippen LogP contribution < -0.4 is 11.1 Å². The summed E-state index contributed by atoms with van der Waals surface area (Å²) in [5.74, 6) is 1.21. The Morgan fingerprint density at radius 1 is 1.40 bits per heavy atom. The number of aromatic nitrogens is 2. The number of piperidine rings is 1. The quantitative estimate of drug-likeness (QED) is 0.909. The fourth-order valence-corrected chi connectivity index (χ4v) is 3.41. The topological polar surface area (TPSA) is 67.1 Å². The second kappa shape index (κ2) is 5.18. The van der Waals surface area contributed by atoms with E-state index in [-0.39, 0.29) is 0 Å². The molecular formula is C14H21N5S. The van der Waals surface area contributed by atoms with Crippen molar-refractivity contribution in [2.45, 2.75) is 19.8 Å². The van der Waals surface area contributed by atoms with Crippen LogP contribution in [0.2, 0.25) is 0 Å². The van der Waals surface area contributed by atoms with Crippen molar-refractivity contribution in [2.24, 2.45) is 5.41 Å². The molecule has 1 saturated heterocycles. The smallest absolute Gasteiger partial charge is 0.223 e. The summed E-state index contributed by atoms with van der Waals surface area (Å²) in [6.45, 7) is 5.61. The van der Waals surface area contributed by atoms with Gasteiger partial charge < -0.3 is 16.0 Å². The van der Waals surface area contributed by atoms with E-state index in [2.05, 4.69) is 40.2 Å². The molecule has 0 radical (unpaired) electrons. The summed E-state index contributed by atoms with van der Waals surface area (Å²) in [6.07, 6.45) is 2.42. The molecule has 1 aliphatic heterocycles. The molecule has 3 rings (SSSR count). The van der Waals surface area contributed by atoms with E-state index in [1.165, 1.54) is 12.8 Å². The van der Waals surface area contributed by atoms with Crippen molar-refractivity contribution >= 4 is 33.3 Å². The van der Waals surface area contributed by atoms with Gasteiger partial charge in [-0.05, 0) is 49.8 Å². The summed E-state index contributed by atoms with van der Waals surface area (Å²) < 4.78 is 0. The Kier molecular flexibility index (Phi) is 3.52. The molecule has 0 aromatic carbocycles. The standard InChI is InChI=1S/C14H21N5S/c1-14(4-6-19(2)7-5-14)9-16-11-10-3-8-20-12(10)18-13(15)17-11/h3,8H,4-7,9H2,1-2H3,(H3,15,16,17,18). The van der Waals surface area contributed by atoms with Crippen LogP contribution in [0.5, 0.6) is 0 Å². The number of nitrogen functional groups attached to an aromatic ring is 1. The third kappa shape index (κ3) is 2.71. The van der Waals surface area contributed by atoms with Gasteiger partial charge in [-0.15, -0.1) is 11.3 Å². The third-order valence-electron chi connectivity index (χ3n) is 4.22. The molecule has 0 bridgehead atoms. The minimum atomic E-state index is 0.328. The average molecular weight is 291 g/mol. The second-order valence-electron chi connectivity index (χ2n) is 6.04. The van der Waals surface area contributed by atoms with Gasteiger partial charge in [0.25, 0.3) is 0 Å². The van der Waals surface area contributed by atoms with Crippen molar-refractivity contribution in [3.05, 3.63) is 11.4 Å². The molecule has 5 nitrogen and oxygen atoms in total. The van der Waals surface area contributed by atoms with Gasteiger partial charge in [-0.25, -0.2) is 4.98 Å². The maximum Gasteiger partial charge on any atom is 0.223 e. The normalized spacial score (nSPS) is 19.3. The fourth-order valence-electron chi connectivity index (χ4n) is 2.64. The molecule has 0 amide bonds. The van der Waals surface area contributed by atoms with E-state index in [0.29, 0.717) is 11.4 Å². The van der Waals surface area contributed by atoms with Crippen molar-refractivity contribution in [1.82, 2.24) is 14.9 Å². The van der Waals surface area contributed by atoms with Gasteiger partial charge in [-0.1, -0.05) is 6.92 Å². The number of nitrogens with two attached hydrogens (primary N) is 1. The molecule has 0 saturated carbocycles. The lowest BCUT2D eigenvalue weighted by Crippen LogP contribution is -2.40. The van der Waals surface area contributed by atoms with Gasteiger partial charge in [0, 0.05) is 6.54 Å². The predicted octanol–water partition coefficient (Wildman–Crippen LogP) is 2.42. The first-order chi connectivity index (χ1) is 9.56. The van der Waals surface area contributed by atoms with Crippen LogP contribution in [0.1, 0.15) is 19.8 Å². The highest BCUT2D eigenvalue weighted by Crippen LogP contribution is 2.32. The van der Waals surface area contributed by atoms with Gasteiger partial charge in [-0.2, -0.15) is 4.98 Å². The van der Waals surface area contributed by atoms with Crippen LogP contribution in [0, 0.1) is 5.41 Å². The summed E-state index contributed by atoms with van der Waals surface area (Å²) in [5.41, 5.74) is 6.11. The average Bonchev–Trinajstić information content (AvgIpc) is 2.88. The number of nitrogens with one attached hydrogen (secondary N) is 1. The Hall–Kier alpha value is -1.40. The molecule has 3 N–H and O–H groups in total. The Morgan fingerprint density at radius 2 is 2.15 bits per heavy atom. The molecule has 2 aromatic heterocycles. The molecular weight excluding hydrogens is 270 g/mol. The van der Waals surface area contributed by atoms with E-state index in [1.54, 1.807) is 11.3 Å². The molecule has 0 spiro atoms. The van der Waals surface area contributed by atoms with E-state index in [1.807, 2.05) is 5.38 Å². The third-order valence-corrected chi connectivity index (χ3v) is 5.03. The predicted molar refractivity (Wildman–Crippen MR) is 85.2 cm³/mol. The Balaban J connectivity index is 1.75. The molecule has 6 heteroatoms. The second-order valence-corrected chi connectivity index (χ2v) is 6.93. The minimum absolute atomic E-state index is 0.328. The van der Waals surface area contributed by atoms with Crippen molar-refractivity contribution in [3.63, 3.8) is 0 Å². The number of hydrogen-bond donors (Lipinski definition) is 2. The monoisotopic (exact) mass is 291 g/mol. The maximum absolute atomic E-state index is 5.78. The Bertz CT molecular complexity index is 601. The number of fused-ring (bicyclic) bond motifs is 1. The summed E-state index contributed by atoms with van der Waals surface area (Å²) >= 11 is 1.60. The summed E-state index contributed by atoms with van der Waals surface area (Å²) in [6, 6.07) is 2.05. The number of thiophene rings is 1. The van der Waals surface area contributed by atoms with Gasteiger partial charge in [0.2, 0.25) is 5.95 Å². The van der Waals surface area contributed by atoms with Gasteiger partial charge >= 0.3 is 0 Å². The van der Waals surface area contributed by atoms with Crippen molar-refractivity contribution < 1.29 is 0 Å². The van der Waals surface area contributed by atoms with Crippen molar-refractivity contribution in [3.8, 4) is 0 Å². The van der Waals surface area contributed by atoms with E-state index >= 15 is 0 Å². The van der Waals surface area contributed by atoms with E-state index in [9.17, 15) is 0 Å². The van der Waals surface area contributed by atoms with Crippen LogP contribution in [0.4, 0.5) is 11.8 Å². The molecule has 3 heterocycles. The first kappa shape index (κ1) is 13.6. The molecule has 1 aliphatic rings. The summed E-state index contributed by atoms with van der Waals surface area (Å²) in [7, 11) is 2.19. The van der Waals surface area contributed by atoms with Crippen LogP contribution in [0.3, 0.4) is 0 Å². The molecule has 1 fully saturated rings. The molecule has 108 valence electrons.